The van der Waals surface area contributed by atoms with Gasteiger partial charge in [0.25, 0.3) is 0 Å². The van der Waals surface area contributed by atoms with Crippen LogP contribution in [0.1, 0.15) is 31.9 Å². The summed E-state index contributed by atoms with van der Waals surface area (Å²) in [6.45, 7) is 6.18. The van der Waals surface area contributed by atoms with Crippen LogP contribution in [0.25, 0.3) is 27.9 Å². The number of hydrogen-bond acceptors (Lipinski definition) is 5. The number of benzene rings is 2. The molecule has 1 aliphatic rings. The molecule has 176 valence electrons. The van der Waals surface area contributed by atoms with Gasteiger partial charge >= 0.3 is 5.97 Å². The Labute approximate surface area is 199 Å². The van der Waals surface area contributed by atoms with Crippen LogP contribution < -0.4 is 0 Å². The molecule has 8 nitrogen and oxygen atoms in total. The minimum absolute atomic E-state index is 0.436. The minimum atomic E-state index is -0.436. The van der Waals surface area contributed by atoms with Crippen LogP contribution in [0.3, 0.4) is 0 Å². The lowest BCUT2D eigenvalue weighted by Gasteiger charge is -2.13. The zero-order valence-electron chi connectivity index (χ0n) is 20.7. The monoisotopic (exact) mass is 458 g/mol. The molecule has 4 rings (SSSR count). The number of rotatable bonds is 4. The molecular weight excluding hydrogens is 428 g/mol. The molecule has 2 heterocycles. The largest absolute Gasteiger partial charge is 0.341 e. The lowest BCUT2D eigenvalue weighted by Crippen LogP contribution is -2.29. The minimum Gasteiger partial charge on any atom is -0.341 e. The topological polar surface area (TPSA) is 74.8 Å². The fourth-order valence-electron chi connectivity index (χ4n) is 4.60. The van der Waals surface area contributed by atoms with Gasteiger partial charge in [-0.3, -0.25) is 14.9 Å². The summed E-state index contributed by atoms with van der Waals surface area (Å²) in [6.07, 6.45) is 2.14. The Kier molecular flexibility index (Phi) is 6.24. The van der Waals surface area contributed by atoms with E-state index in [0.29, 0.717) is 5.71 Å². The molecular formula is C26H30N6O2. The average Bonchev–Trinajstić information content (AvgIpc) is 3.26. The first-order chi connectivity index (χ1) is 16.3. The molecule has 0 saturated carbocycles. The number of amidine groups is 1. The fourth-order valence-corrected chi connectivity index (χ4v) is 4.60. The first kappa shape index (κ1) is 23.2. The third-order valence-electron chi connectivity index (χ3n) is 6.16. The zero-order chi connectivity index (χ0) is 24.6. The quantitative estimate of drug-likeness (QED) is 0.331. The molecule has 0 bridgehead atoms. The van der Waals surface area contributed by atoms with E-state index in [4.69, 9.17) is 4.84 Å². The Balaban J connectivity index is 1.88. The van der Waals surface area contributed by atoms with E-state index >= 15 is 0 Å². The van der Waals surface area contributed by atoms with Gasteiger partial charge in [0.2, 0.25) is 5.96 Å². The maximum atomic E-state index is 11.2. The van der Waals surface area contributed by atoms with Gasteiger partial charge in [-0.2, -0.15) is 0 Å². The molecule has 0 amide bonds. The van der Waals surface area contributed by atoms with Gasteiger partial charge in [-0.1, -0.05) is 17.3 Å². The summed E-state index contributed by atoms with van der Waals surface area (Å²) in [6, 6.07) is 12.7. The van der Waals surface area contributed by atoms with Gasteiger partial charge in [0.15, 0.2) is 5.84 Å². The third kappa shape index (κ3) is 3.85. The van der Waals surface area contributed by atoms with Crippen LogP contribution in [-0.2, 0) is 16.2 Å². The molecule has 1 aliphatic heterocycles. The predicted octanol–water partition coefficient (Wildman–Crippen LogP) is 4.33. The SMILES string of the molecule is CCn1c2ccc(/C=C3/C(=NC)N(C)C(=NC)N3C)cc2c2cc(/C(C)=N/OC(C)=O)ccc21. The highest BCUT2D eigenvalue weighted by Crippen LogP contribution is 2.32. The predicted molar refractivity (Wildman–Crippen MR) is 139 cm³/mol. The number of aryl methyl sites for hydroxylation is 1. The van der Waals surface area contributed by atoms with Crippen molar-refractivity contribution in [3.63, 3.8) is 0 Å². The molecule has 1 aromatic heterocycles. The van der Waals surface area contributed by atoms with Crippen molar-refractivity contribution in [2.45, 2.75) is 27.3 Å². The molecule has 0 N–H and O–H groups in total. The Hall–Kier alpha value is -3.94. The van der Waals surface area contributed by atoms with E-state index in [0.717, 1.165) is 51.5 Å². The van der Waals surface area contributed by atoms with Crippen LogP contribution in [0.4, 0.5) is 0 Å². The lowest BCUT2D eigenvalue weighted by atomic mass is 10.0. The van der Waals surface area contributed by atoms with Crippen molar-refractivity contribution in [1.29, 1.82) is 0 Å². The van der Waals surface area contributed by atoms with Gasteiger partial charge in [0, 0.05) is 63.5 Å². The molecule has 0 atom stereocenters. The van der Waals surface area contributed by atoms with Gasteiger partial charge in [-0.15, -0.1) is 0 Å². The Morgan fingerprint density at radius 2 is 1.65 bits per heavy atom. The smallest absolute Gasteiger partial charge is 0.331 e. The number of carbonyl (C=O) groups excluding carboxylic acids is 1. The highest BCUT2D eigenvalue weighted by atomic mass is 16.7. The summed E-state index contributed by atoms with van der Waals surface area (Å²) in [5.41, 5.74) is 5.96. The second kappa shape index (κ2) is 9.13. The number of guanidine groups is 1. The van der Waals surface area contributed by atoms with Crippen molar-refractivity contribution in [3.05, 3.63) is 53.2 Å². The highest BCUT2D eigenvalue weighted by molar-refractivity contribution is 6.18. The Bertz CT molecular complexity index is 1410. The molecule has 0 spiro atoms. The van der Waals surface area contributed by atoms with E-state index in [1.807, 2.05) is 32.0 Å². The van der Waals surface area contributed by atoms with Gasteiger partial charge in [0.1, 0.15) is 0 Å². The van der Waals surface area contributed by atoms with Crippen LogP contribution >= 0.6 is 0 Å². The average molecular weight is 459 g/mol. The van der Waals surface area contributed by atoms with Crippen molar-refractivity contribution in [3.8, 4) is 0 Å². The Morgan fingerprint density at radius 3 is 2.26 bits per heavy atom. The first-order valence-electron chi connectivity index (χ1n) is 11.2. The van der Waals surface area contributed by atoms with Gasteiger partial charge < -0.3 is 14.3 Å². The summed E-state index contributed by atoms with van der Waals surface area (Å²) < 4.78 is 2.31. The van der Waals surface area contributed by atoms with Crippen LogP contribution in [0.5, 0.6) is 0 Å². The first-order valence-corrected chi connectivity index (χ1v) is 11.2. The number of nitrogens with zero attached hydrogens (tertiary/aromatic N) is 6. The standard InChI is InChI=1S/C26H30N6O2/c1-8-32-22-11-9-18(14-24-25(27-4)31(7)26(28-5)30(24)6)13-20(22)21-15-19(10-12-23(21)32)16(2)29-34-17(3)33/h9-15H,8H2,1-7H3/b24-14-,27-25?,28-26?,29-16+. The van der Waals surface area contributed by atoms with E-state index in [9.17, 15) is 4.79 Å². The molecule has 0 unspecified atom stereocenters. The number of fused-ring (bicyclic) bond motifs is 3. The van der Waals surface area contributed by atoms with Crippen molar-refractivity contribution in [2.75, 3.05) is 28.2 Å². The van der Waals surface area contributed by atoms with E-state index in [2.05, 4.69) is 67.9 Å². The number of likely N-dealkylation sites (N-methyl/N-ethyl adjacent to an activating group) is 2. The number of aromatic nitrogens is 1. The van der Waals surface area contributed by atoms with Crippen molar-refractivity contribution < 1.29 is 9.63 Å². The molecule has 0 radical (unpaired) electrons. The van der Waals surface area contributed by atoms with Crippen LogP contribution in [0.15, 0.2) is 57.2 Å². The number of carbonyl (C=O) groups is 1. The summed E-state index contributed by atoms with van der Waals surface area (Å²) >= 11 is 0. The third-order valence-corrected chi connectivity index (χ3v) is 6.16. The van der Waals surface area contributed by atoms with E-state index in [1.165, 1.54) is 12.4 Å². The van der Waals surface area contributed by atoms with Crippen molar-refractivity contribution in [2.24, 2.45) is 15.1 Å². The van der Waals surface area contributed by atoms with E-state index in [1.54, 1.807) is 14.1 Å². The molecule has 1 fully saturated rings. The van der Waals surface area contributed by atoms with E-state index < -0.39 is 5.97 Å². The number of hydrogen-bond donors (Lipinski definition) is 0. The normalized spacial score (nSPS) is 18.3. The summed E-state index contributed by atoms with van der Waals surface area (Å²) in [4.78, 5) is 28.9. The fraction of sp³-hybridized carbons (Fsp3) is 0.308. The van der Waals surface area contributed by atoms with Crippen LogP contribution in [-0.4, -0.2) is 66.0 Å². The molecule has 0 aliphatic carbocycles. The number of oxime groups is 1. The summed E-state index contributed by atoms with van der Waals surface area (Å²) in [5.74, 6) is 1.29. The van der Waals surface area contributed by atoms with Gasteiger partial charge in [-0.25, -0.2) is 4.79 Å². The van der Waals surface area contributed by atoms with E-state index in [-0.39, 0.29) is 0 Å². The molecule has 3 aromatic rings. The lowest BCUT2D eigenvalue weighted by molar-refractivity contribution is -0.140. The van der Waals surface area contributed by atoms with Crippen molar-refractivity contribution in [1.82, 2.24) is 14.4 Å². The second-order valence-electron chi connectivity index (χ2n) is 8.23. The highest BCUT2D eigenvalue weighted by Gasteiger charge is 2.31. The molecule has 34 heavy (non-hydrogen) atoms. The zero-order valence-corrected chi connectivity index (χ0v) is 20.7. The van der Waals surface area contributed by atoms with Gasteiger partial charge in [-0.05, 0) is 55.3 Å². The second-order valence-corrected chi connectivity index (χ2v) is 8.23. The summed E-state index contributed by atoms with van der Waals surface area (Å²) in [5, 5.41) is 6.24. The van der Waals surface area contributed by atoms with Crippen LogP contribution in [0, 0.1) is 0 Å². The number of aliphatic imine (C=N–C) groups is 2. The Morgan fingerprint density at radius 1 is 0.971 bits per heavy atom. The van der Waals surface area contributed by atoms with Gasteiger partial charge in [0.05, 0.1) is 11.4 Å². The maximum Gasteiger partial charge on any atom is 0.331 e. The van der Waals surface area contributed by atoms with Crippen molar-refractivity contribution >= 4 is 51.4 Å². The molecule has 8 heteroatoms. The summed E-state index contributed by atoms with van der Waals surface area (Å²) in [7, 11) is 7.56. The van der Waals surface area contributed by atoms with Crippen LogP contribution in [0.2, 0.25) is 0 Å². The molecule has 1 saturated heterocycles. The molecule has 2 aromatic carbocycles. The maximum absolute atomic E-state index is 11.2.